The van der Waals surface area contributed by atoms with E-state index in [0.29, 0.717) is 11.3 Å². The molecule has 1 rings (SSSR count). The maximum absolute atomic E-state index is 5.72. The number of hydrogen-bond acceptors (Lipinski definition) is 4. The zero-order valence-corrected chi connectivity index (χ0v) is 12.5. The molecule has 17 heavy (non-hydrogen) atoms. The third-order valence-corrected chi connectivity index (χ3v) is 6.52. The van der Waals surface area contributed by atoms with Crippen LogP contribution in [0.1, 0.15) is 39.0 Å². The van der Waals surface area contributed by atoms with Gasteiger partial charge in [0.15, 0.2) is 0 Å². The molecule has 0 radical (unpaired) electrons. The van der Waals surface area contributed by atoms with Crippen LogP contribution >= 0.6 is 23.5 Å². The van der Waals surface area contributed by atoms with E-state index in [1.54, 1.807) is 0 Å². The molecule has 0 bridgehead atoms. The van der Waals surface area contributed by atoms with Crippen LogP contribution in [0.25, 0.3) is 0 Å². The lowest BCUT2D eigenvalue weighted by Gasteiger charge is -2.34. The number of allylic oxidation sites excluding steroid dienone is 1. The van der Waals surface area contributed by atoms with E-state index in [2.05, 4.69) is 42.5 Å². The average Bonchev–Trinajstić information content (AvgIpc) is 2.35. The van der Waals surface area contributed by atoms with E-state index in [1.807, 2.05) is 6.08 Å². The molecule has 0 amide bonds. The molecule has 0 aromatic carbocycles. The van der Waals surface area contributed by atoms with E-state index >= 15 is 0 Å². The number of thioether (sulfide) groups is 2. The van der Waals surface area contributed by atoms with Gasteiger partial charge in [0.05, 0.1) is 0 Å². The van der Waals surface area contributed by atoms with Gasteiger partial charge in [-0.15, -0.1) is 6.58 Å². The third-order valence-electron chi connectivity index (χ3n) is 3.27. The Morgan fingerprint density at radius 1 is 1.35 bits per heavy atom. The monoisotopic (exact) mass is 274 g/mol. The largest absolute Gasteiger partial charge is 0.271 e. The molecule has 3 unspecified atom stereocenters. The molecular formula is C13H26N2S2. The quantitative estimate of drug-likeness (QED) is 0.308. The Hall–Kier alpha value is 0.360. The van der Waals surface area contributed by atoms with Crippen LogP contribution in [-0.4, -0.2) is 28.0 Å². The van der Waals surface area contributed by atoms with Crippen molar-refractivity contribution in [1.29, 1.82) is 0 Å². The van der Waals surface area contributed by atoms with Crippen molar-refractivity contribution in [3.8, 4) is 0 Å². The summed E-state index contributed by atoms with van der Waals surface area (Å²) in [5.74, 6) is 8.28. The van der Waals surface area contributed by atoms with Crippen molar-refractivity contribution < 1.29 is 0 Å². The highest BCUT2D eigenvalue weighted by atomic mass is 32.2. The molecule has 3 N–H and O–H groups in total. The van der Waals surface area contributed by atoms with Crippen LogP contribution in [0.15, 0.2) is 12.7 Å². The van der Waals surface area contributed by atoms with E-state index in [4.69, 9.17) is 5.84 Å². The first kappa shape index (κ1) is 15.4. The van der Waals surface area contributed by atoms with Crippen LogP contribution in [0.5, 0.6) is 0 Å². The smallest absolute Gasteiger partial charge is 0.0340 e. The van der Waals surface area contributed by atoms with E-state index < -0.39 is 0 Å². The predicted molar refractivity (Wildman–Crippen MR) is 82.6 cm³/mol. The van der Waals surface area contributed by atoms with Gasteiger partial charge in [-0.25, -0.2) is 0 Å². The molecule has 3 atom stereocenters. The third kappa shape index (κ3) is 5.69. The van der Waals surface area contributed by atoms with Crippen LogP contribution in [0, 0.1) is 0 Å². The number of nitrogens with one attached hydrogen (secondary N) is 1. The lowest BCUT2D eigenvalue weighted by atomic mass is 10.0. The maximum atomic E-state index is 5.72. The summed E-state index contributed by atoms with van der Waals surface area (Å²) in [5, 5.41) is 1.40. The fraction of sp³-hybridized carbons (Fsp3) is 0.846. The first-order chi connectivity index (χ1) is 8.29. The summed E-state index contributed by atoms with van der Waals surface area (Å²) in [6, 6.07) is 0.478. The molecule has 100 valence electrons. The number of nitrogens with two attached hydrogens (primary N) is 1. The minimum absolute atomic E-state index is 0.478. The summed E-state index contributed by atoms with van der Waals surface area (Å²) in [6.45, 7) is 6.09. The molecule has 2 nitrogen and oxygen atoms in total. The Bertz CT molecular complexity index is 212. The second-order valence-electron chi connectivity index (χ2n) is 4.61. The SMILES string of the molecule is C=CCCCCCC(NN)C1SCCSC1C. The van der Waals surface area contributed by atoms with E-state index in [9.17, 15) is 0 Å². The van der Waals surface area contributed by atoms with Crippen molar-refractivity contribution in [2.45, 2.75) is 55.6 Å². The molecule has 0 spiro atoms. The van der Waals surface area contributed by atoms with Crippen molar-refractivity contribution in [1.82, 2.24) is 5.43 Å². The van der Waals surface area contributed by atoms with Gasteiger partial charge in [-0.2, -0.15) is 23.5 Å². The minimum atomic E-state index is 0.478. The fourth-order valence-electron chi connectivity index (χ4n) is 2.26. The van der Waals surface area contributed by atoms with Gasteiger partial charge in [-0.3, -0.25) is 11.3 Å². The standard InChI is InChI=1S/C13H26N2S2/c1-3-4-5-6-7-8-12(15-14)13-11(2)16-9-10-17-13/h3,11-13,15H,1,4-10,14H2,2H3. The summed E-state index contributed by atoms with van der Waals surface area (Å²) in [4.78, 5) is 0. The lowest BCUT2D eigenvalue weighted by Crippen LogP contribution is -2.47. The van der Waals surface area contributed by atoms with Gasteiger partial charge in [-0.05, 0) is 19.3 Å². The predicted octanol–water partition coefficient (Wildman–Crippen LogP) is 3.19. The molecule has 1 heterocycles. The van der Waals surface area contributed by atoms with Crippen LogP contribution in [0.3, 0.4) is 0 Å². The highest BCUT2D eigenvalue weighted by molar-refractivity contribution is 8.07. The second-order valence-corrected chi connectivity index (χ2v) is 7.38. The molecule has 0 aliphatic carbocycles. The number of hydrogen-bond donors (Lipinski definition) is 2. The lowest BCUT2D eigenvalue weighted by molar-refractivity contribution is 0.450. The summed E-state index contributed by atoms with van der Waals surface area (Å²) >= 11 is 4.18. The van der Waals surface area contributed by atoms with Gasteiger partial charge in [0, 0.05) is 28.0 Å². The van der Waals surface area contributed by atoms with Gasteiger partial charge < -0.3 is 0 Å². The van der Waals surface area contributed by atoms with E-state index in [0.717, 1.165) is 11.7 Å². The van der Waals surface area contributed by atoms with Crippen LogP contribution in [0.2, 0.25) is 0 Å². The maximum Gasteiger partial charge on any atom is 0.0340 e. The topological polar surface area (TPSA) is 38.0 Å². The van der Waals surface area contributed by atoms with Crippen molar-refractivity contribution in [3.05, 3.63) is 12.7 Å². The van der Waals surface area contributed by atoms with Crippen LogP contribution in [0.4, 0.5) is 0 Å². The van der Waals surface area contributed by atoms with Gasteiger partial charge in [0.2, 0.25) is 0 Å². The zero-order chi connectivity index (χ0) is 12.5. The van der Waals surface area contributed by atoms with Crippen molar-refractivity contribution in [2.75, 3.05) is 11.5 Å². The Morgan fingerprint density at radius 2 is 2.12 bits per heavy atom. The first-order valence-electron chi connectivity index (χ1n) is 6.59. The van der Waals surface area contributed by atoms with Gasteiger partial charge in [-0.1, -0.05) is 25.8 Å². The zero-order valence-electron chi connectivity index (χ0n) is 10.9. The molecule has 1 saturated heterocycles. The molecule has 4 heteroatoms. The molecule has 1 aliphatic heterocycles. The van der Waals surface area contributed by atoms with Gasteiger partial charge >= 0.3 is 0 Å². The van der Waals surface area contributed by atoms with Crippen molar-refractivity contribution >= 4 is 23.5 Å². The van der Waals surface area contributed by atoms with Gasteiger partial charge in [0.25, 0.3) is 0 Å². The summed E-state index contributed by atoms with van der Waals surface area (Å²) in [7, 11) is 0. The summed E-state index contributed by atoms with van der Waals surface area (Å²) in [6.07, 6.45) is 8.19. The Balaban J connectivity index is 2.24. The van der Waals surface area contributed by atoms with E-state index in [-0.39, 0.29) is 0 Å². The van der Waals surface area contributed by atoms with Gasteiger partial charge in [0.1, 0.15) is 0 Å². The fourth-order valence-corrected chi connectivity index (χ4v) is 5.25. The first-order valence-corrected chi connectivity index (χ1v) is 8.69. The average molecular weight is 274 g/mol. The number of unbranched alkanes of at least 4 members (excludes halogenated alkanes) is 3. The van der Waals surface area contributed by atoms with Crippen molar-refractivity contribution in [3.63, 3.8) is 0 Å². The molecule has 1 fully saturated rings. The Labute approximate surface area is 115 Å². The highest BCUT2D eigenvalue weighted by Crippen LogP contribution is 2.34. The number of hydrazine groups is 1. The summed E-state index contributed by atoms with van der Waals surface area (Å²) < 4.78 is 0. The van der Waals surface area contributed by atoms with Crippen molar-refractivity contribution in [2.24, 2.45) is 5.84 Å². The molecule has 0 aromatic rings. The molecule has 1 aliphatic rings. The van der Waals surface area contributed by atoms with Crippen LogP contribution in [-0.2, 0) is 0 Å². The molecule has 0 aromatic heterocycles. The van der Waals surface area contributed by atoms with Crippen LogP contribution < -0.4 is 11.3 Å². The normalized spacial score (nSPS) is 26.7. The van der Waals surface area contributed by atoms with E-state index in [1.165, 1.54) is 37.2 Å². The Kier molecular flexibility index (Phi) is 8.44. The molecule has 0 saturated carbocycles. The second kappa shape index (κ2) is 9.31. The molecular weight excluding hydrogens is 248 g/mol. The Morgan fingerprint density at radius 3 is 2.76 bits per heavy atom. The summed E-state index contributed by atoms with van der Waals surface area (Å²) in [5.41, 5.74) is 3.04. The highest BCUT2D eigenvalue weighted by Gasteiger charge is 2.29. The minimum Gasteiger partial charge on any atom is -0.271 e. The number of rotatable bonds is 8.